The minimum absolute atomic E-state index is 0.334. The largest absolute Gasteiger partial charge is 0.316 e. The summed E-state index contributed by atoms with van der Waals surface area (Å²) in [7, 11) is -3.63. The molecule has 1 aromatic heterocycles. The lowest BCUT2D eigenvalue weighted by atomic mass is 9.91. The van der Waals surface area contributed by atoms with Crippen LogP contribution in [-0.4, -0.2) is 25.5 Å². The summed E-state index contributed by atoms with van der Waals surface area (Å²) in [6.07, 6.45) is 4.05. The first kappa shape index (κ1) is 18.3. The molecule has 0 saturated carbocycles. The fourth-order valence-electron chi connectivity index (χ4n) is 3.96. The first-order valence-electron chi connectivity index (χ1n) is 9.64. The van der Waals surface area contributed by atoms with Crippen molar-refractivity contribution >= 4 is 20.9 Å². The van der Waals surface area contributed by atoms with Crippen LogP contribution in [0.15, 0.2) is 59.6 Å². The maximum atomic E-state index is 13.4. The Balaban J connectivity index is 1.82. The molecule has 1 fully saturated rings. The zero-order valence-corrected chi connectivity index (χ0v) is 16.7. The van der Waals surface area contributed by atoms with E-state index < -0.39 is 10.0 Å². The summed E-state index contributed by atoms with van der Waals surface area (Å²) < 4.78 is 28.2. The third kappa shape index (κ3) is 3.30. The molecule has 0 radical (unpaired) electrons. The lowest BCUT2D eigenvalue weighted by molar-refractivity contribution is 0.463. The number of hydrogen-bond donors (Lipinski definition) is 1. The molecule has 1 atom stereocenters. The predicted octanol–water partition coefficient (Wildman–Crippen LogP) is 4.47. The SMILES string of the molecule is CC(C)c1ccc(S(=O)(=O)n2cc(C3CCCNC3)c3ccccc32)cc1. The van der Waals surface area contributed by atoms with E-state index in [1.54, 1.807) is 12.1 Å². The Morgan fingerprint density at radius 1 is 1.07 bits per heavy atom. The normalized spacial score (nSPS) is 18.3. The molecule has 27 heavy (non-hydrogen) atoms. The summed E-state index contributed by atoms with van der Waals surface area (Å²) in [5.74, 6) is 0.725. The van der Waals surface area contributed by atoms with Crippen molar-refractivity contribution in [1.29, 1.82) is 0 Å². The number of aromatic nitrogens is 1. The van der Waals surface area contributed by atoms with Gasteiger partial charge in [0.2, 0.25) is 0 Å². The molecule has 1 saturated heterocycles. The summed E-state index contributed by atoms with van der Waals surface area (Å²) in [5, 5.41) is 4.47. The molecule has 4 rings (SSSR count). The van der Waals surface area contributed by atoms with Crippen molar-refractivity contribution in [1.82, 2.24) is 9.29 Å². The van der Waals surface area contributed by atoms with Crippen molar-refractivity contribution in [2.45, 2.75) is 43.4 Å². The number of hydrogen-bond acceptors (Lipinski definition) is 3. The van der Waals surface area contributed by atoms with Crippen LogP contribution in [0.2, 0.25) is 0 Å². The van der Waals surface area contributed by atoms with E-state index in [2.05, 4.69) is 19.2 Å². The number of benzene rings is 2. The molecule has 142 valence electrons. The van der Waals surface area contributed by atoms with E-state index in [-0.39, 0.29) is 0 Å². The van der Waals surface area contributed by atoms with Crippen molar-refractivity contribution in [3.8, 4) is 0 Å². The van der Waals surface area contributed by atoms with Crippen LogP contribution in [0.1, 0.15) is 49.7 Å². The molecule has 1 aliphatic rings. The Labute approximate surface area is 161 Å². The number of piperidine rings is 1. The van der Waals surface area contributed by atoms with Gasteiger partial charge in [-0.1, -0.05) is 44.2 Å². The highest BCUT2D eigenvalue weighted by Crippen LogP contribution is 2.33. The zero-order chi connectivity index (χ0) is 19.0. The van der Waals surface area contributed by atoms with E-state index >= 15 is 0 Å². The summed E-state index contributed by atoms with van der Waals surface area (Å²) in [4.78, 5) is 0.334. The lowest BCUT2D eigenvalue weighted by Gasteiger charge is -2.22. The molecule has 0 bridgehead atoms. The van der Waals surface area contributed by atoms with Gasteiger partial charge >= 0.3 is 0 Å². The van der Waals surface area contributed by atoms with Crippen LogP contribution in [0.4, 0.5) is 0 Å². The van der Waals surface area contributed by atoms with Gasteiger partial charge in [-0.15, -0.1) is 0 Å². The van der Waals surface area contributed by atoms with Gasteiger partial charge in [0.05, 0.1) is 10.4 Å². The highest BCUT2D eigenvalue weighted by Gasteiger charge is 2.25. The van der Waals surface area contributed by atoms with Crippen molar-refractivity contribution < 1.29 is 8.42 Å². The molecule has 1 aliphatic heterocycles. The maximum Gasteiger partial charge on any atom is 0.268 e. The first-order chi connectivity index (χ1) is 13.0. The van der Waals surface area contributed by atoms with E-state index in [9.17, 15) is 8.42 Å². The minimum Gasteiger partial charge on any atom is -0.316 e. The summed E-state index contributed by atoms with van der Waals surface area (Å²) in [5.41, 5.74) is 3.02. The van der Waals surface area contributed by atoms with Gasteiger partial charge in [0.1, 0.15) is 0 Å². The van der Waals surface area contributed by atoms with E-state index in [0.717, 1.165) is 48.0 Å². The average molecular weight is 383 g/mol. The van der Waals surface area contributed by atoms with Crippen molar-refractivity contribution in [3.05, 3.63) is 65.9 Å². The van der Waals surface area contributed by atoms with Crippen LogP contribution in [0, 0.1) is 0 Å². The number of fused-ring (bicyclic) bond motifs is 1. The van der Waals surface area contributed by atoms with Crippen molar-refractivity contribution in [3.63, 3.8) is 0 Å². The molecule has 5 heteroatoms. The maximum absolute atomic E-state index is 13.4. The molecule has 4 nitrogen and oxygen atoms in total. The van der Waals surface area contributed by atoms with Crippen LogP contribution in [-0.2, 0) is 10.0 Å². The number of rotatable bonds is 4. The van der Waals surface area contributed by atoms with E-state index in [1.807, 2.05) is 42.6 Å². The van der Waals surface area contributed by atoms with Crippen LogP contribution in [0.25, 0.3) is 10.9 Å². The van der Waals surface area contributed by atoms with Crippen molar-refractivity contribution in [2.75, 3.05) is 13.1 Å². The van der Waals surface area contributed by atoms with Gasteiger partial charge in [-0.05, 0) is 60.5 Å². The van der Waals surface area contributed by atoms with E-state index in [0.29, 0.717) is 16.7 Å². The standard InChI is InChI=1S/C22H26N2O2S/c1-16(2)17-9-11-19(12-10-17)27(25,26)24-15-21(18-6-5-13-23-14-18)20-7-3-4-8-22(20)24/h3-4,7-12,15-16,18,23H,5-6,13-14H2,1-2H3. The molecular weight excluding hydrogens is 356 g/mol. The molecule has 0 aliphatic carbocycles. The van der Waals surface area contributed by atoms with Gasteiger partial charge in [0.25, 0.3) is 10.0 Å². The van der Waals surface area contributed by atoms with Crippen LogP contribution in [0.5, 0.6) is 0 Å². The van der Waals surface area contributed by atoms with E-state index in [4.69, 9.17) is 0 Å². The Morgan fingerprint density at radius 3 is 2.48 bits per heavy atom. The zero-order valence-electron chi connectivity index (χ0n) is 15.9. The molecule has 0 spiro atoms. The third-order valence-electron chi connectivity index (χ3n) is 5.55. The second-order valence-electron chi connectivity index (χ2n) is 7.67. The topological polar surface area (TPSA) is 51.1 Å². The number of para-hydroxylation sites is 1. The second-order valence-corrected chi connectivity index (χ2v) is 9.48. The molecular formula is C22H26N2O2S. The fourth-order valence-corrected chi connectivity index (χ4v) is 5.33. The Morgan fingerprint density at radius 2 is 1.81 bits per heavy atom. The van der Waals surface area contributed by atoms with Crippen molar-refractivity contribution in [2.24, 2.45) is 0 Å². The predicted molar refractivity (Wildman–Crippen MR) is 110 cm³/mol. The Kier molecular flexibility index (Phi) is 4.82. The highest BCUT2D eigenvalue weighted by molar-refractivity contribution is 7.90. The molecule has 0 amide bonds. The smallest absolute Gasteiger partial charge is 0.268 e. The number of nitrogens with zero attached hydrogens (tertiary/aromatic N) is 1. The van der Waals surface area contributed by atoms with E-state index in [1.165, 1.54) is 3.97 Å². The van der Waals surface area contributed by atoms with Crippen LogP contribution < -0.4 is 5.32 Å². The van der Waals surface area contributed by atoms with Gasteiger partial charge in [0, 0.05) is 18.1 Å². The lowest BCUT2D eigenvalue weighted by Crippen LogP contribution is -2.28. The van der Waals surface area contributed by atoms with Gasteiger partial charge in [-0.3, -0.25) is 0 Å². The van der Waals surface area contributed by atoms with Gasteiger partial charge in [-0.2, -0.15) is 0 Å². The molecule has 1 N–H and O–H groups in total. The molecule has 2 heterocycles. The fraction of sp³-hybridized carbons (Fsp3) is 0.364. The Hall–Kier alpha value is -2.11. The summed E-state index contributed by atoms with van der Waals surface area (Å²) >= 11 is 0. The summed E-state index contributed by atoms with van der Waals surface area (Å²) in [6, 6.07) is 15.1. The molecule has 2 aromatic carbocycles. The minimum atomic E-state index is -3.63. The third-order valence-corrected chi connectivity index (χ3v) is 7.24. The first-order valence-corrected chi connectivity index (χ1v) is 11.1. The monoisotopic (exact) mass is 382 g/mol. The van der Waals surface area contributed by atoms with Gasteiger partial charge in [0.15, 0.2) is 0 Å². The van der Waals surface area contributed by atoms with Crippen LogP contribution in [0.3, 0.4) is 0 Å². The second kappa shape index (κ2) is 7.13. The summed E-state index contributed by atoms with van der Waals surface area (Å²) in [6.45, 7) is 6.15. The average Bonchev–Trinajstić information content (AvgIpc) is 3.09. The van der Waals surface area contributed by atoms with Gasteiger partial charge in [-0.25, -0.2) is 12.4 Å². The molecule has 1 unspecified atom stereocenters. The number of nitrogens with one attached hydrogen (secondary N) is 1. The molecule has 3 aromatic rings. The van der Waals surface area contributed by atoms with Crippen LogP contribution >= 0.6 is 0 Å². The Bertz CT molecular complexity index is 1040. The highest BCUT2D eigenvalue weighted by atomic mass is 32.2. The van der Waals surface area contributed by atoms with Gasteiger partial charge < -0.3 is 5.32 Å². The quantitative estimate of drug-likeness (QED) is 0.724.